The van der Waals surface area contributed by atoms with E-state index in [1.165, 1.54) is 0 Å². The molecule has 22 heteroatoms. The van der Waals surface area contributed by atoms with Gasteiger partial charge in [0.25, 0.3) is 0 Å². The third kappa shape index (κ3) is 37.6. The van der Waals surface area contributed by atoms with Crippen LogP contribution in [-0.2, 0) is 71.1 Å². The predicted molar refractivity (Wildman–Crippen MR) is 285 cm³/mol. The van der Waals surface area contributed by atoms with Gasteiger partial charge >= 0.3 is 0 Å². The second-order valence-corrected chi connectivity index (χ2v) is 17.9. The molecule has 3 aromatic rings. The lowest BCUT2D eigenvalue weighted by atomic mass is 10.3. The van der Waals surface area contributed by atoms with Gasteiger partial charge in [0, 0.05) is 0 Å². The predicted octanol–water partition coefficient (Wildman–Crippen LogP) is 1.81. The van der Waals surface area contributed by atoms with E-state index >= 15 is 0 Å². The van der Waals surface area contributed by atoms with Crippen LogP contribution in [0.25, 0.3) is 0 Å². The van der Waals surface area contributed by atoms with Gasteiger partial charge < -0.3 is 101 Å². The number of ether oxygens (including phenoxy) is 18. The molecule has 434 valence electrons. The molecule has 21 nitrogen and oxygen atoms in total. The van der Waals surface area contributed by atoms with Crippen LogP contribution < -0.4 is 30.1 Å². The van der Waals surface area contributed by atoms with E-state index in [-0.39, 0.29) is 19.8 Å². The van der Waals surface area contributed by atoms with Gasteiger partial charge in [0.1, 0.15) is 37.1 Å². The monoisotopic (exact) mass is 1100 g/mol. The summed E-state index contributed by atoms with van der Waals surface area (Å²) < 4.78 is 100.0. The van der Waals surface area contributed by atoms with E-state index in [1.54, 1.807) is 0 Å². The van der Waals surface area contributed by atoms with Gasteiger partial charge in [-0.2, -0.15) is 0 Å². The molecule has 0 aromatic heterocycles. The molecule has 0 atom stereocenters. The van der Waals surface area contributed by atoms with Crippen LogP contribution in [0, 0.1) is 0 Å². The van der Waals surface area contributed by atoms with Gasteiger partial charge in [-0.05, 0) is 60.2 Å². The van der Waals surface area contributed by atoms with Crippen molar-refractivity contribution >= 4 is 23.8 Å². The van der Waals surface area contributed by atoms with Gasteiger partial charge in [-0.1, -0.05) is 36.4 Å². The van der Waals surface area contributed by atoms with Gasteiger partial charge in [0.2, 0.25) is 0 Å². The molecule has 0 saturated carbocycles. The lowest BCUT2D eigenvalue weighted by Gasteiger charge is -2.20. The summed E-state index contributed by atoms with van der Waals surface area (Å²) in [5, 5.41) is 29.5. The summed E-state index contributed by atoms with van der Waals surface area (Å²) in [5.74, 6) is 2.25. The van der Waals surface area contributed by atoms with Crippen molar-refractivity contribution in [2.75, 3.05) is 238 Å². The number of aliphatic hydroxyl groups is 3. The van der Waals surface area contributed by atoms with Crippen LogP contribution in [0.5, 0.6) is 17.2 Å². The maximum atomic E-state index is 8.70. The van der Waals surface area contributed by atoms with Crippen LogP contribution in [0.1, 0.15) is 0 Å². The van der Waals surface area contributed by atoms with Crippen molar-refractivity contribution in [3.8, 4) is 17.2 Å². The Morgan fingerprint density at radius 1 is 0.197 bits per heavy atom. The second-order valence-electron chi connectivity index (χ2n) is 15.7. The van der Waals surface area contributed by atoms with Crippen molar-refractivity contribution in [3.63, 3.8) is 0 Å². The normalized spacial score (nSPS) is 11.5. The Kier molecular flexibility index (Phi) is 45.2. The summed E-state index contributed by atoms with van der Waals surface area (Å²) in [6.45, 7) is 14.6. The fourth-order valence-electron chi connectivity index (χ4n) is 6.32. The molecule has 3 N–H and O–H groups in total. The highest BCUT2D eigenvalue weighted by atomic mass is 31.1. The first-order valence-corrected chi connectivity index (χ1v) is 27.6. The molecule has 76 heavy (non-hydrogen) atoms. The standard InChI is InChI=1S/C54H87O21P/c55-13-16-58-19-22-61-25-28-64-31-34-67-37-40-70-43-46-73-49-1-7-52(8-2-49)76(53-9-3-50(4-10-53)74-47-44-71-41-38-68-35-32-65-29-26-62-23-20-59-17-14-56)54-11-5-51(6-12-54)75-48-45-72-42-39-69-36-33-66-30-27-63-24-21-60-18-15-57/h1-12,55-57H,13-48H2. The first-order chi connectivity index (χ1) is 37.7. The van der Waals surface area contributed by atoms with Gasteiger partial charge in [0.15, 0.2) is 0 Å². The molecule has 0 radical (unpaired) electrons. The summed E-state index contributed by atoms with van der Waals surface area (Å²) in [7, 11) is -0.950. The second kappa shape index (κ2) is 51.2. The Morgan fingerprint density at radius 2 is 0.342 bits per heavy atom. The number of hydrogen-bond donors (Lipinski definition) is 3. The van der Waals surface area contributed by atoms with Gasteiger partial charge in [-0.15, -0.1) is 0 Å². The molecule has 0 saturated heterocycles. The van der Waals surface area contributed by atoms with Crippen LogP contribution in [0.3, 0.4) is 0 Å². The Hall–Kier alpha value is -3.23. The first kappa shape index (κ1) is 67.0. The summed E-state index contributed by atoms with van der Waals surface area (Å²) >= 11 is 0. The van der Waals surface area contributed by atoms with Crippen LogP contribution in [0.4, 0.5) is 0 Å². The fraction of sp³-hybridized carbons (Fsp3) is 0.667. The van der Waals surface area contributed by atoms with E-state index in [1.807, 2.05) is 36.4 Å². The van der Waals surface area contributed by atoms with E-state index in [2.05, 4.69) is 36.4 Å². The van der Waals surface area contributed by atoms with Crippen molar-refractivity contribution in [1.82, 2.24) is 0 Å². The fourth-order valence-corrected chi connectivity index (χ4v) is 8.55. The Bertz CT molecular complexity index is 1470. The minimum atomic E-state index is -0.950. The number of rotatable bonds is 57. The van der Waals surface area contributed by atoms with Crippen LogP contribution in [0.2, 0.25) is 0 Å². The minimum Gasteiger partial charge on any atom is -0.491 e. The lowest BCUT2D eigenvalue weighted by Crippen LogP contribution is -2.21. The van der Waals surface area contributed by atoms with Crippen LogP contribution in [0.15, 0.2) is 72.8 Å². The Balaban J connectivity index is 1.37. The summed E-state index contributed by atoms with van der Waals surface area (Å²) in [6, 6.07) is 24.6. The zero-order valence-electron chi connectivity index (χ0n) is 44.5. The molecule has 0 aliphatic heterocycles. The smallest absolute Gasteiger partial charge is 0.119 e. The van der Waals surface area contributed by atoms with E-state index in [4.69, 9.17) is 101 Å². The molecule has 3 rings (SSSR count). The summed E-state index contributed by atoms with van der Waals surface area (Å²) in [4.78, 5) is 0. The highest BCUT2D eigenvalue weighted by Gasteiger charge is 2.18. The maximum absolute atomic E-state index is 8.70. The number of hydrogen-bond acceptors (Lipinski definition) is 21. The highest BCUT2D eigenvalue weighted by molar-refractivity contribution is 7.79. The molecular formula is C54H87O21P. The van der Waals surface area contributed by atoms with Crippen LogP contribution in [-0.4, -0.2) is 253 Å². The van der Waals surface area contributed by atoms with Crippen molar-refractivity contribution in [1.29, 1.82) is 0 Å². The molecular weight excluding hydrogens is 1020 g/mol. The minimum absolute atomic E-state index is 0.00705. The molecule has 0 unspecified atom stereocenters. The summed E-state index contributed by atoms with van der Waals surface area (Å²) in [6.07, 6.45) is 0. The van der Waals surface area contributed by atoms with Crippen molar-refractivity contribution in [2.24, 2.45) is 0 Å². The average Bonchev–Trinajstić information content (AvgIpc) is 3.45. The molecule has 0 bridgehead atoms. The SMILES string of the molecule is OCCOCCOCCOCCOCCOCCOc1ccc(P(c2ccc(OCCOCCOCCOCCOCCOCCO)cc2)c2ccc(OCCOCCOCCOCCOCCOCCO)cc2)cc1. The topological polar surface area (TPSA) is 227 Å². The van der Waals surface area contributed by atoms with Crippen molar-refractivity contribution < 1.29 is 101 Å². The molecule has 0 heterocycles. The molecule has 0 amide bonds. The number of aliphatic hydroxyl groups excluding tert-OH is 3. The zero-order chi connectivity index (χ0) is 53.7. The van der Waals surface area contributed by atoms with Crippen molar-refractivity contribution in [2.45, 2.75) is 0 Å². The van der Waals surface area contributed by atoms with E-state index < -0.39 is 7.92 Å². The molecule has 0 aliphatic rings. The van der Waals surface area contributed by atoms with Gasteiger partial charge in [-0.3, -0.25) is 0 Å². The van der Waals surface area contributed by atoms with Crippen molar-refractivity contribution in [3.05, 3.63) is 72.8 Å². The average molecular weight is 1100 g/mol. The van der Waals surface area contributed by atoms with Gasteiger partial charge in [0.05, 0.1) is 218 Å². The Morgan fingerprint density at radius 3 is 0.500 bits per heavy atom. The van der Waals surface area contributed by atoms with Gasteiger partial charge in [-0.25, -0.2) is 0 Å². The largest absolute Gasteiger partial charge is 0.491 e. The molecule has 0 spiro atoms. The molecule has 3 aromatic carbocycles. The third-order valence-electron chi connectivity index (χ3n) is 9.94. The zero-order valence-corrected chi connectivity index (χ0v) is 45.4. The highest BCUT2D eigenvalue weighted by Crippen LogP contribution is 2.34. The maximum Gasteiger partial charge on any atom is 0.119 e. The quantitative estimate of drug-likeness (QED) is 0.0541. The molecule has 0 aliphatic carbocycles. The van der Waals surface area contributed by atoms with Crippen LogP contribution >= 0.6 is 7.92 Å². The first-order valence-electron chi connectivity index (χ1n) is 26.2. The van der Waals surface area contributed by atoms with E-state index in [9.17, 15) is 0 Å². The lowest BCUT2D eigenvalue weighted by molar-refractivity contribution is -0.0146. The molecule has 0 fully saturated rings. The number of benzene rings is 3. The van der Waals surface area contributed by atoms with E-state index in [0.717, 1.165) is 33.2 Å². The summed E-state index contributed by atoms with van der Waals surface area (Å²) in [5.41, 5.74) is 0. The Labute approximate surface area is 451 Å². The third-order valence-corrected chi connectivity index (χ3v) is 12.4. The van der Waals surface area contributed by atoms with E-state index in [0.29, 0.717) is 218 Å².